The highest BCUT2D eigenvalue weighted by molar-refractivity contribution is 5.94. The summed E-state index contributed by atoms with van der Waals surface area (Å²) in [6, 6.07) is 13.0. The lowest BCUT2D eigenvalue weighted by molar-refractivity contribution is 0.0665. The topological polar surface area (TPSA) is 67.7 Å². The van der Waals surface area contributed by atoms with Crippen molar-refractivity contribution in [2.75, 3.05) is 26.2 Å². The number of amides is 2. The SMILES string of the molecule is O=C(c1ccc(OCc2cccc(F)c2)cc1)N1CCN(C(=O)n2ccnc2)CC1. The van der Waals surface area contributed by atoms with Crippen LogP contribution in [0.4, 0.5) is 9.18 Å². The van der Waals surface area contributed by atoms with Crippen LogP contribution in [0.5, 0.6) is 5.75 Å². The zero-order valence-corrected chi connectivity index (χ0v) is 16.3. The second-order valence-electron chi connectivity index (χ2n) is 6.97. The number of halogens is 1. The first kappa shape index (κ1) is 19.6. The summed E-state index contributed by atoms with van der Waals surface area (Å²) in [5, 5.41) is 0. The minimum Gasteiger partial charge on any atom is -0.489 e. The largest absolute Gasteiger partial charge is 0.489 e. The van der Waals surface area contributed by atoms with Crippen molar-refractivity contribution in [2.24, 2.45) is 0 Å². The van der Waals surface area contributed by atoms with Gasteiger partial charge < -0.3 is 14.5 Å². The number of carbonyl (C=O) groups excluding carboxylic acids is 2. The van der Waals surface area contributed by atoms with Crippen molar-refractivity contribution in [3.05, 3.63) is 84.2 Å². The molecule has 0 bridgehead atoms. The van der Waals surface area contributed by atoms with Gasteiger partial charge in [-0.05, 0) is 42.0 Å². The summed E-state index contributed by atoms with van der Waals surface area (Å²) >= 11 is 0. The number of ether oxygens (including phenoxy) is 1. The molecule has 0 radical (unpaired) electrons. The van der Waals surface area contributed by atoms with Crippen LogP contribution in [-0.4, -0.2) is 57.5 Å². The first-order chi connectivity index (χ1) is 14.6. The highest BCUT2D eigenvalue weighted by Crippen LogP contribution is 2.17. The Morgan fingerprint density at radius 3 is 2.40 bits per heavy atom. The second kappa shape index (κ2) is 8.77. The lowest BCUT2D eigenvalue weighted by Crippen LogP contribution is -2.51. The van der Waals surface area contributed by atoms with Gasteiger partial charge in [-0.25, -0.2) is 14.2 Å². The first-order valence-corrected chi connectivity index (χ1v) is 9.64. The van der Waals surface area contributed by atoms with Crippen molar-refractivity contribution in [2.45, 2.75) is 6.61 Å². The maximum atomic E-state index is 13.2. The molecule has 2 heterocycles. The Bertz CT molecular complexity index is 1010. The Labute approximate surface area is 173 Å². The molecule has 0 spiro atoms. The molecule has 0 saturated carbocycles. The lowest BCUT2D eigenvalue weighted by atomic mass is 10.1. The zero-order valence-electron chi connectivity index (χ0n) is 16.3. The average Bonchev–Trinajstić information content (AvgIpc) is 3.32. The van der Waals surface area contributed by atoms with Crippen LogP contribution < -0.4 is 4.74 Å². The van der Waals surface area contributed by atoms with Gasteiger partial charge in [-0.2, -0.15) is 0 Å². The maximum Gasteiger partial charge on any atom is 0.329 e. The van der Waals surface area contributed by atoms with Crippen molar-refractivity contribution in [1.29, 1.82) is 0 Å². The molecule has 154 valence electrons. The van der Waals surface area contributed by atoms with Crippen LogP contribution in [0, 0.1) is 5.82 Å². The number of rotatable bonds is 4. The van der Waals surface area contributed by atoms with E-state index in [4.69, 9.17) is 4.74 Å². The van der Waals surface area contributed by atoms with E-state index in [9.17, 15) is 14.0 Å². The first-order valence-electron chi connectivity index (χ1n) is 9.64. The van der Waals surface area contributed by atoms with E-state index in [1.807, 2.05) is 0 Å². The van der Waals surface area contributed by atoms with Gasteiger partial charge in [-0.15, -0.1) is 0 Å². The molecule has 2 amide bonds. The van der Waals surface area contributed by atoms with Crippen LogP contribution in [0.3, 0.4) is 0 Å². The third-order valence-electron chi connectivity index (χ3n) is 4.96. The fraction of sp³-hybridized carbons (Fsp3) is 0.227. The van der Waals surface area contributed by atoms with E-state index < -0.39 is 0 Å². The van der Waals surface area contributed by atoms with Crippen LogP contribution in [-0.2, 0) is 6.61 Å². The third-order valence-corrected chi connectivity index (χ3v) is 4.96. The average molecular weight is 408 g/mol. The number of hydrogen-bond acceptors (Lipinski definition) is 4. The van der Waals surface area contributed by atoms with Crippen LogP contribution >= 0.6 is 0 Å². The molecule has 1 aromatic heterocycles. The summed E-state index contributed by atoms with van der Waals surface area (Å²) in [7, 11) is 0. The molecule has 7 nitrogen and oxygen atoms in total. The van der Waals surface area contributed by atoms with Crippen LogP contribution in [0.2, 0.25) is 0 Å². The van der Waals surface area contributed by atoms with Crippen LogP contribution in [0.15, 0.2) is 67.3 Å². The Hall–Kier alpha value is -3.68. The van der Waals surface area contributed by atoms with E-state index in [0.717, 1.165) is 5.56 Å². The van der Waals surface area contributed by atoms with E-state index in [1.165, 1.54) is 23.0 Å². The van der Waals surface area contributed by atoms with E-state index in [0.29, 0.717) is 37.5 Å². The lowest BCUT2D eigenvalue weighted by Gasteiger charge is -2.34. The number of aromatic nitrogens is 2. The van der Waals surface area contributed by atoms with Gasteiger partial charge in [-0.3, -0.25) is 9.36 Å². The van der Waals surface area contributed by atoms with E-state index >= 15 is 0 Å². The minimum absolute atomic E-state index is 0.0820. The number of nitrogens with zero attached hydrogens (tertiary/aromatic N) is 4. The molecule has 0 N–H and O–H groups in total. The number of carbonyl (C=O) groups is 2. The van der Waals surface area contributed by atoms with Crippen molar-refractivity contribution < 1.29 is 18.7 Å². The highest BCUT2D eigenvalue weighted by Gasteiger charge is 2.25. The van der Waals surface area contributed by atoms with E-state index in [-0.39, 0.29) is 24.4 Å². The molecule has 2 aromatic carbocycles. The Morgan fingerprint density at radius 1 is 1.00 bits per heavy atom. The van der Waals surface area contributed by atoms with Gasteiger partial charge in [-0.1, -0.05) is 12.1 Å². The van der Waals surface area contributed by atoms with Gasteiger partial charge in [0.25, 0.3) is 5.91 Å². The molecule has 1 fully saturated rings. The Morgan fingerprint density at radius 2 is 1.73 bits per heavy atom. The second-order valence-corrected chi connectivity index (χ2v) is 6.97. The van der Waals surface area contributed by atoms with Gasteiger partial charge in [0, 0.05) is 44.1 Å². The normalized spacial score (nSPS) is 13.9. The van der Waals surface area contributed by atoms with Crippen LogP contribution in [0.1, 0.15) is 15.9 Å². The molecule has 4 rings (SSSR count). The molecule has 0 aliphatic carbocycles. The van der Waals surface area contributed by atoms with Crippen molar-refractivity contribution in [3.8, 4) is 5.75 Å². The molecule has 3 aromatic rings. The Kier molecular flexibility index (Phi) is 5.74. The van der Waals surface area contributed by atoms with Crippen molar-refractivity contribution >= 4 is 11.9 Å². The van der Waals surface area contributed by atoms with Gasteiger partial charge in [0.05, 0.1) is 0 Å². The van der Waals surface area contributed by atoms with E-state index in [2.05, 4.69) is 4.98 Å². The van der Waals surface area contributed by atoms with Gasteiger partial charge in [0.2, 0.25) is 0 Å². The zero-order chi connectivity index (χ0) is 20.9. The fourth-order valence-corrected chi connectivity index (χ4v) is 3.31. The predicted octanol–water partition coefficient (Wildman–Crippen LogP) is 3.03. The molecule has 1 aliphatic heterocycles. The highest BCUT2D eigenvalue weighted by atomic mass is 19.1. The molecular weight excluding hydrogens is 387 g/mol. The molecule has 0 atom stereocenters. The molecule has 8 heteroatoms. The summed E-state index contributed by atoms with van der Waals surface area (Å²) < 4.78 is 20.3. The summed E-state index contributed by atoms with van der Waals surface area (Å²) in [5.41, 5.74) is 1.29. The molecule has 1 aliphatic rings. The molecule has 1 saturated heterocycles. The van der Waals surface area contributed by atoms with Crippen molar-refractivity contribution in [3.63, 3.8) is 0 Å². The monoisotopic (exact) mass is 408 g/mol. The fourth-order valence-electron chi connectivity index (χ4n) is 3.31. The summed E-state index contributed by atoms with van der Waals surface area (Å²) in [5.74, 6) is 0.219. The third kappa shape index (κ3) is 4.48. The number of hydrogen-bond donors (Lipinski definition) is 0. The molecular formula is C22H21FN4O3. The maximum absolute atomic E-state index is 13.2. The van der Waals surface area contributed by atoms with Crippen LogP contribution in [0.25, 0.3) is 0 Å². The standard InChI is InChI=1S/C22H21FN4O3/c23-19-3-1-2-17(14-19)15-30-20-6-4-18(5-7-20)21(28)25-10-12-26(13-11-25)22(29)27-9-8-24-16-27/h1-9,14,16H,10-13,15H2. The number of benzene rings is 2. The smallest absolute Gasteiger partial charge is 0.329 e. The number of piperazine rings is 1. The summed E-state index contributed by atoms with van der Waals surface area (Å²) in [6.45, 7) is 2.13. The quantitative estimate of drug-likeness (QED) is 0.666. The summed E-state index contributed by atoms with van der Waals surface area (Å²) in [4.78, 5) is 32.4. The summed E-state index contributed by atoms with van der Waals surface area (Å²) in [6.07, 6.45) is 4.64. The van der Waals surface area contributed by atoms with Gasteiger partial charge >= 0.3 is 6.03 Å². The molecule has 30 heavy (non-hydrogen) atoms. The van der Waals surface area contributed by atoms with Gasteiger partial charge in [0.15, 0.2) is 0 Å². The van der Waals surface area contributed by atoms with Gasteiger partial charge in [0.1, 0.15) is 24.5 Å². The van der Waals surface area contributed by atoms with E-state index in [1.54, 1.807) is 58.6 Å². The Balaban J connectivity index is 1.30. The number of imidazole rings is 1. The van der Waals surface area contributed by atoms with Crippen molar-refractivity contribution in [1.82, 2.24) is 19.4 Å². The predicted molar refractivity (Wildman–Crippen MR) is 108 cm³/mol. The molecule has 0 unspecified atom stereocenters. The minimum atomic E-state index is -0.302.